The van der Waals surface area contributed by atoms with Gasteiger partial charge in [-0.2, -0.15) is 0 Å². The number of benzene rings is 1. The van der Waals surface area contributed by atoms with E-state index in [-0.39, 0.29) is 35.5 Å². The molecular weight excluding hydrogens is 250 g/mol. The molecule has 1 aromatic rings. The molecule has 1 aromatic carbocycles. The lowest BCUT2D eigenvalue weighted by Gasteiger charge is -2.18. The minimum Gasteiger partial charge on any atom is -0.274 e. The molecule has 1 aliphatic heterocycles. The van der Waals surface area contributed by atoms with Gasteiger partial charge in [-0.25, -0.2) is 4.90 Å². The number of nitrogens with zero attached hydrogens (tertiary/aromatic N) is 1. The van der Waals surface area contributed by atoms with Crippen LogP contribution in [0, 0.1) is 37.5 Å². The molecule has 2 aliphatic carbocycles. The molecule has 2 bridgehead atoms. The molecule has 0 radical (unpaired) electrons. The number of fused-ring (bicyclic) bond motifs is 5. The number of carbonyl (C=O) groups excluding carboxylic acids is 2. The fraction of sp³-hybridized carbons (Fsp3) is 0.412. The average molecular weight is 267 g/mol. The summed E-state index contributed by atoms with van der Waals surface area (Å²) in [5, 5.41) is 0. The maximum absolute atomic E-state index is 12.7. The second-order valence-electron chi connectivity index (χ2n) is 6.36. The van der Waals surface area contributed by atoms with E-state index in [4.69, 9.17) is 0 Å². The number of allylic oxidation sites excluding steroid dienone is 2. The van der Waals surface area contributed by atoms with Gasteiger partial charge in [-0.1, -0.05) is 18.2 Å². The Balaban J connectivity index is 1.78. The van der Waals surface area contributed by atoms with Crippen molar-refractivity contribution in [1.29, 1.82) is 0 Å². The maximum Gasteiger partial charge on any atom is 0.238 e. The topological polar surface area (TPSA) is 37.4 Å². The molecular formula is C17H17NO2. The van der Waals surface area contributed by atoms with Crippen LogP contribution in [0.5, 0.6) is 0 Å². The van der Waals surface area contributed by atoms with Crippen LogP contribution in [-0.2, 0) is 9.59 Å². The number of hydrogen-bond donors (Lipinski definition) is 0. The fourth-order valence-electron chi connectivity index (χ4n) is 4.24. The summed E-state index contributed by atoms with van der Waals surface area (Å²) in [6, 6.07) is 5.92. The van der Waals surface area contributed by atoms with E-state index in [1.54, 1.807) is 0 Å². The monoisotopic (exact) mass is 267 g/mol. The highest BCUT2D eigenvalue weighted by Gasteiger charge is 2.59. The summed E-state index contributed by atoms with van der Waals surface area (Å²) in [6.45, 7) is 3.99. The van der Waals surface area contributed by atoms with Gasteiger partial charge in [0.1, 0.15) is 0 Å². The number of carbonyl (C=O) groups is 2. The van der Waals surface area contributed by atoms with Crippen LogP contribution in [0.25, 0.3) is 0 Å². The third-order valence-electron chi connectivity index (χ3n) is 4.93. The standard InChI is InChI=1S/C17H17NO2/c1-9-5-10(2)7-13(6-9)18-16(19)14-11-3-4-12(8-11)15(14)17(18)20/h3-7,11-12,14-15H,8H2,1-2H3/t11-,12-,14-,15-/m0/s1. The highest BCUT2D eigenvalue weighted by molar-refractivity contribution is 6.22. The normalized spacial score (nSPS) is 34.2. The van der Waals surface area contributed by atoms with Crippen molar-refractivity contribution in [2.45, 2.75) is 20.3 Å². The zero-order valence-corrected chi connectivity index (χ0v) is 11.7. The van der Waals surface area contributed by atoms with Crippen LogP contribution in [0.3, 0.4) is 0 Å². The Kier molecular flexibility index (Phi) is 2.27. The second-order valence-corrected chi connectivity index (χ2v) is 6.36. The van der Waals surface area contributed by atoms with Gasteiger partial charge in [-0.3, -0.25) is 9.59 Å². The van der Waals surface area contributed by atoms with Gasteiger partial charge >= 0.3 is 0 Å². The fourth-order valence-corrected chi connectivity index (χ4v) is 4.24. The Hall–Kier alpha value is -1.90. The number of hydrogen-bond acceptors (Lipinski definition) is 2. The zero-order chi connectivity index (χ0) is 14.0. The number of anilines is 1. The van der Waals surface area contributed by atoms with Gasteiger partial charge in [0.05, 0.1) is 17.5 Å². The lowest BCUT2D eigenvalue weighted by Crippen LogP contribution is -2.32. The number of amides is 2. The van der Waals surface area contributed by atoms with Crippen molar-refractivity contribution in [1.82, 2.24) is 0 Å². The molecule has 4 rings (SSSR count). The van der Waals surface area contributed by atoms with Gasteiger partial charge in [-0.05, 0) is 55.4 Å². The molecule has 1 saturated heterocycles. The minimum atomic E-state index is -0.113. The van der Waals surface area contributed by atoms with Crippen LogP contribution in [0.4, 0.5) is 5.69 Å². The Morgan fingerprint density at radius 1 is 0.900 bits per heavy atom. The highest BCUT2D eigenvalue weighted by Crippen LogP contribution is 2.53. The summed E-state index contributed by atoms with van der Waals surface area (Å²) in [4.78, 5) is 26.8. The number of imide groups is 1. The molecule has 3 aliphatic rings. The van der Waals surface area contributed by atoms with E-state index in [0.717, 1.165) is 23.2 Å². The molecule has 0 spiro atoms. The van der Waals surface area contributed by atoms with Crippen LogP contribution in [0.15, 0.2) is 30.4 Å². The Morgan fingerprint density at radius 3 is 1.90 bits per heavy atom. The van der Waals surface area contributed by atoms with Crippen LogP contribution < -0.4 is 4.90 Å². The molecule has 3 nitrogen and oxygen atoms in total. The molecule has 0 N–H and O–H groups in total. The minimum absolute atomic E-state index is 0.00171. The third-order valence-corrected chi connectivity index (χ3v) is 4.93. The van der Waals surface area contributed by atoms with Crippen LogP contribution >= 0.6 is 0 Å². The van der Waals surface area contributed by atoms with Crippen molar-refractivity contribution in [3.63, 3.8) is 0 Å². The van der Waals surface area contributed by atoms with Crippen molar-refractivity contribution in [2.24, 2.45) is 23.7 Å². The van der Waals surface area contributed by atoms with Crippen molar-refractivity contribution < 1.29 is 9.59 Å². The van der Waals surface area contributed by atoms with Gasteiger partial charge in [-0.15, -0.1) is 0 Å². The highest BCUT2D eigenvalue weighted by atomic mass is 16.2. The molecule has 1 saturated carbocycles. The quantitative estimate of drug-likeness (QED) is 0.579. The van der Waals surface area contributed by atoms with E-state index in [1.165, 1.54) is 4.90 Å². The Morgan fingerprint density at radius 2 is 1.40 bits per heavy atom. The Labute approximate surface area is 118 Å². The van der Waals surface area contributed by atoms with Gasteiger partial charge in [0.15, 0.2) is 0 Å². The van der Waals surface area contributed by atoms with Gasteiger partial charge in [0.2, 0.25) is 11.8 Å². The van der Waals surface area contributed by atoms with E-state index in [0.29, 0.717) is 0 Å². The molecule has 0 aromatic heterocycles. The first-order chi connectivity index (χ1) is 9.56. The number of aryl methyl sites for hydroxylation is 2. The molecule has 1 heterocycles. The first-order valence-corrected chi connectivity index (χ1v) is 7.20. The molecule has 2 amide bonds. The summed E-state index contributed by atoms with van der Waals surface area (Å²) in [7, 11) is 0. The third kappa shape index (κ3) is 1.41. The van der Waals surface area contributed by atoms with Crippen molar-refractivity contribution in [2.75, 3.05) is 4.90 Å². The smallest absolute Gasteiger partial charge is 0.238 e. The maximum atomic E-state index is 12.7. The van der Waals surface area contributed by atoms with Gasteiger partial charge in [0, 0.05) is 0 Å². The summed E-state index contributed by atoms with van der Waals surface area (Å²) < 4.78 is 0. The van der Waals surface area contributed by atoms with E-state index in [9.17, 15) is 9.59 Å². The van der Waals surface area contributed by atoms with E-state index in [1.807, 2.05) is 26.0 Å². The van der Waals surface area contributed by atoms with E-state index in [2.05, 4.69) is 18.2 Å². The largest absolute Gasteiger partial charge is 0.274 e. The van der Waals surface area contributed by atoms with Crippen molar-refractivity contribution in [3.8, 4) is 0 Å². The van der Waals surface area contributed by atoms with Crippen molar-refractivity contribution >= 4 is 17.5 Å². The van der Waals surface area contributed by atoms with E-state index >= 15 is 0 Å². The Bertz CT molecular complexity index is 611. The molecule has 3 heteroatoms. The molecule has 102 valence electrons. The average Bonchev–Trinajstić information content (AvgIpc) is 3.02. The summed E-state index contributed by atoms with van der Waals surface area (Å²) in [6.07, 6.45) is 5.23. The molecule has 0 unspecified atom stereocenters. The summed E-state index contributed by atoms with van der Waals surface area (Å²) in [5.74, 6) is 0.329. The van der Waals surface area contributed by atoms with Gasteiger partial charge < -0.3 is 0 Å². The molecule has 20 heavy (non-hydrogen) atoms. The first kappa shape index (κ1) is 11.9. The SMILES string of the molecule is Cc1cc(C)cc(N2C(=O)[C@@H]3[C@@H](C2=O)[C@H]2C=C[C@H]3C2)c1. The number of rotatable bonds is 1. The summed E-state index contributed by atoms with van der Waals surface area (Å²) >= 11 is 0. The molecule has 4 atom stereocenters. The predicted octanol–water partition coefficient (Wildman–Crippen LogP) is 2.61. The molecule has 2 fully saturated rings. The lowest BCUT2D eigenvalue weighted by atomic mass is 9.85. The lowest BCUT2D eigenvalue weighted by molar-refractivity contribution is -0.123. The van der Waals surface area contributed by atoms with Gasteiger partial charge in [0.25, 0.3) is 0 Å². The first-order valence-electron chi connectivity index (χ1n) is 7.20. The summed E-state index contributed by atoms with van der Waals surface area (Å²) in [5.41, 5.74) is 2.91. The predicted molar refractivity (Wildman–Crippen MR) is 76.1 cm³/mol. The zero-order valence-electron chi connectivity index (χ0n) is 11.7. The van der Waals surface area contributed by atoms with Crippen LogP contribution in [0.1, 0.15) is 17.5 Å². The second kappa shape index (κ2) is 3.81. The van der Waals surface area contributed by atoms with E-state index < -0.39 is 0 Å². The van der Waals surface area contributed by atoms with Crippen molar-refractivity contribution in [3.05, 3.63) is 41.5 Å². The van der Waals surface area contributed by atoms with Crippen LogP contribution in [0.2, 0.25) is 0 Å². The van der Waals surface area contributed by atoms with Crippen LogP contribution in [-0.4, -0.2) is 11.8 Å².